The molecule has 0 aromatic heterocycles. The summed E-state index contributed by atoms with van der Waals surface area (Å²) in [5.74, 6) is -1.76. The zero-order valence-electron chi connectivity index (χ0n) is 21.7. The Hall–Kier alpha value is -3.10. The van der Waals surface area contributed by atoms with Crippen LogP contribution >= 0.6 is 0 Å². The number of likely N-dealkylation sites (N-methyl/N-ethyl adjacent to an activating group) is 1. The van der Waals surface area contributed by atoms with Gasteiger partial charge in [0.1, 0.15) is 17.7 Å². The predicted octanol–water partition coefficient (Wildman–Crippen LogP) is 2.88. The van der Waals surface area contributed by atoms with E-state index in [1.165, 1.54) is 11.9 Å². The summed E-state index contributed by atoms with van der Waals surface area (Å²) in [5, 5.41) is 5.39. The molecule has 0 aliphatic heterocycles. The van der Waals surface area contributed by atoms with Gasteiger partial charge in [-0.15, -0.1) is 0 Å². The highest BCUT2D eigenvalue weighted by atomic mass is 16.6. The van der Waals surface area contributed by atoms with E-state index in [-0.39, 0.29) is 11.9 Å². The number of primary amides is 1. The predicted molar refractivity (Wildman–Crippen MR) is 131 cm³/mol. The maximum atomic E-state index is 13.4. The molecular weight excluding hydrogens is 436 g/mol. The van der Waals surface area contributed by atoms with E-state index in [9.17, 15) is 19.2 Å². The van der Waals surface area contributed by atoms with Crippen LogP contribution in [0.1, 0.15) is 76.6 Å². The topological polar surface area (TPSA) is 131 Å². The lowest BCUT2D eigenvalue weighted by molar-refractivity contribution is -0.142. The summed E-state index contributed by atoms with van der Waals surface area (Å²) < 4.78 is 5.23. The zero-order chi connectivity index (χ0) is 26.2. The Bertz CT molecular complexity index is 894. The van der Waals surface area contributed by atoms with Gasteiger partial charge in [-0.25, -0.2) is 4.79 Å². The van der Waals surface area contributed by atoms with Crippen LogP contribution < -0.4 is 16.4 Å². The number of carbonyl (C=O) groups excluding carboxylic acids is 4. The molecule has 0 heterocycles. The zero-order valence-corrected chi connectivity index (χ0v) is 21.7. The highest BCUT2D eigenvalue weighted by Crippen LogP contribution is 2.24. The quantitative estimate of drug-likeness (QED) is 0.478. The van der Waals surface area contributed by atoms with E-state index in [1.54, 1.807) is 26.8 Å². The van der Waals surface area contributed by atoms with E-state index in [2.05, 4.69) is 10.6 Å². The Morgan fingerprint density at radius 1 is 1.09 bits per heavy atom. The molecule has 1 aromatic rings. The normalized spacial score (nSPS) is 13.9. The van der Waals surface area contributed by atoms with Gasteiger partial charge in [0.15, 0.2) is 0 Å². The minimum Gasteiger partial charge on any atom is -0.444 e. The number of nitrogens with two attached hydrogens (primary N) is 1. The maximum Gasteiger partial charge on any atom is 0.408 e. The Morgan fingerprint density at radius 3 is 2.21 bits per heavy atom. The summed E-state index contributed by atoms with van der Waals surface area (Å²) in [6.45, 7) is 12.9. The molecule has 4 N–H and O–H groups in total. The van der Waals surface area contributed by atoms with Crippen molar-refractivity contribution in [3.63, 3.8) is 0 Å². The molecule has 4 amide bonds. The third kappa shape index (κ3) is 9.03. The fourth-order valence-electron chi connectivity index (χ4n) is 3.54. The second-order valence-corrected chi connectivity index (χ2v) is 9.76. The number of nitrogens with one attached hydrogen (secondary N) is 2. The first-order valence-electron chi connectivity index (χ1n) is 11.6. The Kier molecular flexibility index (Phi) is 10.5. The van der Waals surface area contributed by atoms with Gasteiger partial charge in [0.05, 0.1) is 6.42 Å². The number of alkyl carbamates (subject to hydrolysis) is 1. The van der Waals surface area contributed by atoms with Crippen molar-refractivity contribution in [3.05, 3.63) is 34.9 Å². The molecule has 0 fully saturated rings. The Morgan fingerprint density at radius 2 is 1.71 bits per heavy atom. The largest absolute Gasteiger partial charge is 0.444 e. The average Bonchev–Trinajstić information content (AvgIpc) is 2.68. The van der Waals surface area contributed by atoms with Crippen LogP contribution in [-0.4, -0.2) is 53.4 Å². The molecule has 3 unspecified atom stereocenters. The first kappa shape index (κ1) is 28.9. The summed E-state index contributed by atoms with van der Waals surface area (Å²) in [6, 6.07) is 3.20. The molecule has 0 radical (unpaired) electrons. The summed E-state index contributed by atoms with van der Waals surface area (Å²) in [6.07, 6.45) is 0.387. The van der Waals surface area contributed by atoms with Crippen LogP contribution in [-0.2, 0) is 19.1 Å². The van der Waals surface area contributed by atoms with Crippen molar-refractivity contribution < 1.29 is 23.9 Å². The molecule has 3 atom stereocenters. The van der Waals surface area contributed by atoms with Crippen molar-refractivity contribution in [1.82, 2.24) is 15.5 Å². The lowest BCUT2D eigenvalue weighted by Crippen LogP contribution is -2.53. The van der Waals surface area contributed by atoms with E-state index in [4.69, 9.17) is 10.5 Å². The molecule has 0 saturated carbocycles. The molecule has 1 rings (SSSR count). The van der Waals surface area contributed by atoms with Crippen molar-refractivity contribution in [2.45, 2.75) is 91.5 Å². The average molecular weight is 477 g/mol. The number of amides is 4. The third-order valence-electron chi connectivity index (χ3n) is 5.33. The van der Waals surface area contributed by atoms with Crippen LogP contribution in [0.15, 0.2) is 18.2 Å². The summed E-state index contributed by atoms with van der Waals surface area (Å²) in [7, 11) is 1.47. The number of benzene rings is 1. The van der Waals surface area contributed by atoms with Crippen LogP contribution in [0, 0.1) is 13.8 Å². The third-order valence-corrected chi connectivity index (χ3v) is 5.33. The Balaban J connectivity index is 3.31. The van der Waals surface area contributed by atoms with Crippen molar-refractivity contribution in [3.8, 4) is 0 Å². The highest BCUT2D eigenvalue weighted by Gasteiger charge is 2.35. The second kappa shape index (κ2) is 12.4. The van der Waals surface area contributed by atoms with Crippen LogP contribution in [0.25, 0.3) is 0 Å². The Labute approximate surface area is 202 Å². The number of hydrogen-bond donors (Lipinski definition) is 3. The van der Waals surface area contributed by atoms with Crippen molar-refractivity contribution >= 4 is 23.8 Å². The van der Waals surface area contributed by atoms with E-state index >= 15 is 0 Å². The number of hydrogen-bond acceptors (Lipinski definition) is 5. The van der Waals surface area contributed by atoms with Gasteiger partial charge >= 0.3 is 6.09 Å². The van der Waals surface area contributed by atoms with Gasteiger partial charge in [0, 0.05) is 13.1 Å². The molecule has 0 saturated heterocycles. The monoisotopic (exact) mass is 476 g/mol. The number of aryl methyl sites for hydroxylation is 2. The molecule has 1 aromatic carbocycles. The molecular formula is C25H40N4O5. The van der Waals surface area contributed by atoms with E-state index in [0.717, 1.165) is 24.0 Å². The van der Waals surface area contributed by atoms with Gasteiger partial charge in [0.25, 0.3) is 0 Å². The SMILES string of the molecule is CCCC(C)NC(=O)C(c1ccc(C)c(C)c1)N(C)C(=O)C(CC(N)=O)NC(=O)OC(C)(C)C. The molecule has 9 heteroatoms. The number of rotatable bonds is 10. The second-order valence-electron chi connectivity index (χ2n) is 9.76. The van der Waals surface area contributed by atoms with Gasteiger partial charge in [-0.3, -0.25) is 14.4 Å². The van der Waals surface area contributed by atoms with Crippen LogP contribution in [0.3, 0.4) is 0 Å². The van der Waals surface area contributed by atoms with E-state index in [1.807, 2.05) is 39.8 Å². The molecule has 0 aliphatic carbocycles. The number of nitrogens with zero attached hydrogens (tertiary/aromatic N) is 1. The molecule has 0 bridgehead atoms. The molecule has 9 nitrogen and oxygen atoms in total. The maximum absolute atomic E-state index is 13.4. The van der Waals surface area contributed by atoms with Crippen molar-refractivity contribution in [2.75, 3.05) is 7.05 Å². The lowest BCUT2D eigenvalue weighted by atomic mass is 9.98. The molecule has 190 valence electrons. The standard InChI is InChI=1S/C25H40N4O5/c1-9-10-17(4)27-22(31)21(18-12-11-15(2)16(3)13-18)29(8)23(32)19(14-20(26)30)28-24(33)34-25(5,6)7/h11-13,17,19,21H,9-10,14H2,1-8H3,(H2,26,30)(H,27,31)(H,28,33). The van der Waals surface area contributed by atoms with E-state index < -0.39 is 42.0 Å². The first-order chi connectivity index (χ1) is 15.7. The smallest absolute Gasteiger partial charge is 0.408 e. The molecule has 0 aliphatic rings. The van der Waals surface area contributed by atoms with Gasteiger partial charge < -0.3 is 26.0 Å². The minimum absolute atomic E-state index is 0.0867. The van der Waals surface area contributed by atoms with Gasteiger partial charge in [-0.1, -0.05) is 31.5 Å². The summed E-state index contributed by atoms with van der Waals surface area (Å²) in [5.41, 5.74) is 7.18. The molecule has 34 heavy (non-hydrogen) atoms. The van der Waals surface area contributed by atoms with Crippen molar-refractivity contribution in [2.24, 2.45) is 5.73 Å². The molecule has 0 spiro atoms. The van der Waals surface area contributed by atoms with Gasteiger partial charge in [-0.2, -0.15) is 0 Å². The fourth-order valence-corrected chi connectivity index (χ4v) is 3.54. The highest BCUT2D eigenvalue weighted by molar-refractivity contribution is 5.94. The number of ether oxygens (including phenoxy) is 1. The summed E-state index contributed by atoms with van der Waals surface area (Å²) in [4.78, 5) is 52.0. The first-order valence-corrected chi connectivity index (χ1v) is 11.6. The fraction of sp³-hybridized carbons (Fsp3) is 0.600. The van der Waals surface area contributed by atoms with Gasteiger partial charge in [-0.05, 0) is 64.7 Å². The van der Waals surface area contributed by atoms with Crippen LogP contribution in [0.2, 0.25) is 0 Å². The number of carbonyl (C=O) groups is 4. The summed E-state index contributed by atoms with van der Waals surface area (Å²) >= 11 is 0. The van der Waals surface area contributed by atoms with Crippen molar-refractivity contribution in [1.29, 1.82) is 0 Å². The van der Waals surface area contributed by atoms with Crippen LogP contribution in [0.4, 0.5) is 4.79 Å². The lowest BCUT2D eigenvalue weighted by Gasteiger charge is -2.32. The van der Waals surface area contributed by atoms with Crippen LogP contribution in [0.5, 0.6) is 0 Å². The van der Waals surface area contributed by atoms with E-state index in [0.29, 0.717) is 5.56 Å². The van der Waals surface area contributed by atoms with Gasteiger partial charge in [0.2, 0.25) is 17.7 Å². The minimum atomic E-state index is -1.28.